The lowest BCUT2D eigenvalue weighted by Crippen LogP contribution is -2.35. The molecule has 0 aromatic rings. The Morgan fingerprint density at radius 3 is 2.93 bits per heavy atom. The lowest BCUT2D eigenvalue weighted by molar-refractivity contribution is -0.139. The molecule has 0 saturated carbocycles. The fraction of sp³-hybridized carbons (Fsp3) is 0.600. The standard InChI is InChI=1S/C10H13NO3/c1-3-8-5-9(12)11(6-8)7(2)4-10(13)14/h1,7-8H,4-6H2,2H3,(H,13,14)/t7-,8?/m1/s1. The average molecular weight is 195 g/mol. The van der Waals surface area contributed by atoms with Gasteiger partial charge in [0.15, 0.2) is 0 Å². The summed E-state index contributed by atoms with van der Waals surface area (Å²) in [7, 11) is 0. The second-order valence-electron chi connectivity index (χ2n) is 3.56. The second-order valence-corrected chi connectivity index (χ2v) is 3.56. The third kappa shape index (κ3) is 2.25. The number of hydrogen-bond acceptors (Lipinski definition) is 2. The highest BCUT2D eigenvalue weighted by Gasteiger charge is 2.32. The van der Waals surface area contributed by atoms with Crippen molar-refractivity contribution in [1.29, 1.82) is 0 Å². The molecule has 1 saturated heterocycles. The van der Waals surface area contributed by atoms with E-state index in [1.807, 2.05) is 0 Å². The normalized spacial score (nSPS) is 23.3. The van der Waals surface area contributed by atoms with E-state index in [0.29, 0.717) is 13.0 Å². The Kier molecular flexibility index (Phi) is 3.13. The molecule has 4 heteroatoms. The highest BCUT2D eigenvalue weighted by molar-refractivity contribution is 5.80. The van der Waals surface area contributed by atoms with Crippen molar-refractivity contribution >= 4 is 11.9 Å². The SMILES string of the molecule is C#CC1CC(=O)N([C@H](C)CC(=O)O)C1. The molecule has 1 aliphatic heterocycles. The molecule has 2 atom stereocenters. The van der Waals surface area contributed by atoms with Crippen LogP contribution in [0.2, 0.25) is 0 Å². The minimum absolute atomic E-state index is 0.0248. The maximum Gasteiger partial charge on any atom is 0.305 e. The molecule has 1 N–H and O–H groups in total. The number of amides is 1. The maximum absolute atomic E-state index is 11.4. The van der Waals surface area contributed by atoms with Crippen molar-refractivity contribution in [2.75, 3.05) is 6.54 Å². The van der Waals surface area contributed by atoms with E-state index in [4.69, 9.17) is 11.5 Å². The van der Waals surface area contributed by atoms with Crippen LogP contribution < -0.4 is 0 Å². The van der Waals surface area contributed by atoms with Crippen LogP contribution in [0.5, 0.6) is 0 Å². The number of hydrogen-bond donors (Lipinski definition) is 1. The van der Waals surface area contributed by atoms with Crippen LogP contribution in [0.1, 0.15) is 19.8 Å². The van der Waals surface area contributed by atoms with E-state index < -0.39 is 5.97 Å². The van der Waals surface area contributed by atoms with Crippen LogP contribution in [0, 0.1) is 18.3 Å². The molecule has 1 fully saturated rings. The molecule has 0 spiro atoms. The van der Waals surface area contributed by atoms with Crippen LogP contribution in [0.3, 0.4) is 0 Å². The van der Waals surface area contributed by atoms with E-state index in [-0.39, 0.29) is 24.3 Å². The Balaban J connectivity index is 2.57. The number of carbonyl (C=O) groups is 2. The van der Waals surface area contributed by atoms with Crippen molar-refractivity contribution in [2.24, 2.45) is 5.92 Å². The average Bonchev–Trinajstić information content (AvgIpc) is 2.45. The number of carboxylic acids is 1. The third-order valence-corrected chi connectivity index (χ3v) is 2.40. The topological polar surface area (TPSA) is 57.6 Å². The lowest BCUT2D eigenvalue weighted by atomic mass is 10.1. The largest absolute Gasteiger partial charge is 0.481 e. The monoisotopic (exact) mass is 195 g/mol. The zero-order valence-electron chi connectivity index (χ0n) is 8.06. The van der Waals surface area contributed by atoms with Crippen LogP contribution in [-0.2, 0) is 9.59 Å². The van der Waals surface area contributed by atoms with E-state index in [2.05, 4.69) is 5.92 Å². The second kappa shape index (κ2) is 4.14. The summed E-state index contributed by atoms with van der Waals surface area (Å²) in [5.74, 6) is 1.53. The summed E-state index contributed by atoms with van der Waals surface area (Å²) >= 11 is 0. The molecule has 1 heterocycles. The highest BCUT2D eigenvalue weighted by Crippen LogP contribution is 2.20. The molecule has 4 nitrogen and oxygen atoms in total. The van der Waals surface area contributed by atoms with Gasteiger partial charge in [0.2, 0.25) is 5.91 Å². The Morgan fingerprint density at radius 1 is 1.86 bits per heavy atom. The van der Waals surface area contributed by atoms with Gasteiger partial charge in [0.05, 0.1) is 6.42 Å². The van der Waals surface area contributed by atoms with Crippen molar-refractivity contribution in [3.63, 3.8) is 0 Å². The summed E-state index contributed by atoms with van der Waals surface area (Å²) in [6, 6.07) is -0.265. The molecule has 14 heavy (non-hydrogen) atoms. The number of nitrogens with zero attached hydrogens (tertiary/aromatic N) is 1. The smallest absolute Gasteiger partial charge is 0.305 e. The molecule has 0 bridgehead atoms. The van der Waals surface area contributed by atoms with Crippen molar-refractivity contribution in [2.45, 2.75) is 25.8 Å². The van der Waals surface area contributed by atoms with Crippen LogP contribution in [0.25, 0.3) is 0 Å². The first-order chi connectivity index (χ1) is 6.54. The van der Waals surface area contributed by atoms with Crippen LogP contribution in [-0.4, -0.2) is 34.5 Å². The fourth-order valence-electron chi connectivity index (χ4n) is 1.63. The van der Waals surface area contributed by atoms with Gasteiger partial charge in [-0.15, -0.1) is 12.3 Å². The molecule has 1 rings (SSSR count). The van der Waals surface area contributed by atoms with Gasteiger partial charge >= 0.3 is 5.97 Å². The molecule has 76 valence electrons. The van der Waals surface area contributed by atoms with Gasteiger partial charge in [-0.2, -0.15) is 0 Å². The molecule has 1 amide bonds. The number of carbonyl (C=O) groups excluding carboxylic acids is 1. The maximum atomic E-state index is 11.4. The number of terminal acetylenes is 1. The molecule has 0 aromatic carbocycles. The zero-order chi connectivity index (χ0) is 10.7. The first-order valence-electron chi connectivity index (χ1n) is 4.52. The van der Waals surface area contributed by atoms with Crippen LogP contribution in [0.4, 0.5) is 0 Å². The van der Waals surface area contributed by atoms with E-state index in [1.165, 1.54) is 0 Å². The van der Waals surface area contributed by atoms with Gasteiger partial charge in [-0.1, -0.05) is 0 Å². The van der Waals surface area contributed by atoms with Crippen molar-refractivity contribution < 1.29 is 14.7 Å². The Hall–Kier alpha value is -1.50. The summed E-state index contributed by atoms with van der Waals surface area (Å²) < 4.78 is 0. The van der Waals surface area contributed by atoms with E-state index in [0.717, 1.165) is 0 Å². The Bertz CT molecular complexity index is 292. The lowest BCUT2D eigenvalue weighted by Gasteiger charge is -2.22. The minimum Gasteiger partial charge on any atom is -0.481 e. The minimum atomic E-state index is -0.894. The van der Waals surface area contributed by atoms with Crippen LogP contribution >= 0.6 is 0 Å². The van der Waals surface area contributed by atoms with Crippen LogP contribution in [0.15, 0.2) is 0 Å². The third-order valence-electron chi connectivity index (χ3n) is 2.40. The van der Waals surface area contributed by atoms with Gasteiger partial charge in [-0.25, -0.2) is 0 Å². The quantitative estimate of drug-likeness (QED) is 0.660. The molecular formula is C10H13NO3. The number of carboxylic acid groups (broad SMARTS) is 1. The summed E-state index contributed by atoms with van der Waals surface area (Å²) in [5, 5.41) is 8.58. The number of aliphatic carboxylic acids is 1. The summed E-state index contributed by atoms with van der Waals surface area (Å²) in [6.07, 6.45) is 5.54. The predicted octanol–water partition coefficient (Wildman–Crippen LogP) is 0.331. The highest BCUT2D eigenvalue weighted by atomic mass is 16.4. The van der Waals surface area contributed by atoms with Crippen molar-refractivity contribution in [3.05, 3.63) is 0 Å². The van der Waals surface area contributed by atoms with Gasteiger partial charge in [0.1, 0.15) is 0 Å². The van der Waals surface area contributed by atoms with Gasteiger partial charge in [0, 0.05) is 24.9 Å². The predicted molar refractivity (Wildman–Crippen MR) is 50.4 cm³/mol. The number of rotatable bonds is 3. The fourth-order valence-corrected chi connectivity index (χ4v) is 1.63. The van der Waals surface area contributed by atoms with Crippen molar-refractivity contribution in [1.82, 2.24) is 4.90 Å². The first-order valence-corrected chi connectivity index (χ1v) is 4.52. The molecule has 0 aliphatic carbocycles. The number of likely N-dealkylation sites (tertiary alicyclic amines) is 1. The first kappa shape index (κ1) is 10.6. The molecule has 1 aliphatic rings. The molecular weight excluding hydrogens is 182 g/mol. The Labute approximate surface area is 82.9 Å². The molecule has 1 unspecified atom stereocenters. The van der Waals surface area contributed by atoms with E-state index >= 15 is 0 Å². The molecule has 0 aromatic heterocycles. The van der Waals surface area contributed by atoms with Gasteiger partial charge in [-0.3, -0.25) is 9.59 Å². The summed E-state index contributed by atoms with van der Waals surface area (Å²) in [4.78, 5) is 23.4. The zero-order valence-corrected chi connectivity index (χ0v) is 8.06. The van der Waals surface area contributed by atoms with Gasteiger partial charge < -0.3 is 10.0 Å². The van der Waals surface area contributed by atoms with E-state index in [1.54, 1.807) is 11.8 Å². The molecule has 0 radical (unpaired) electrons. The van der Waals surface area contributed by atoms with E-state index in [9.17, 15) is 9.59 Å². The van der Waals surface area contributed by atoms with Gasteiger partial charge in [-0.05, 0) is 6.92 Å². The Morgan fingerprint density at radius 2 is 2.50 bits per heavy atom. The summed E-state index contributed by atoms with van der Waals surface area (Å²) in [5.41, 5.74) is 0. The summed E-state index contributed by atoms with van der Waals surface area (Å²) in [6.45, 7) is 2.22. The van der Waals surface area contributed by atoms with Crippen molar-refractivity contribution in [3.8, 4) is 12.3 Å². The van der Waals surface area contributed by atoms with Gasteiger partial charge in [0.25, 0.3) is 0 Å².